The number of hydrogen-bond acceptors (Lipinski definition) is 4. The number of likely N-dealkylation sites (N-methyl/N-ethyl adjacent to an activating group) is 1. The van der Waals surface area contributed by atoms with E-state index in [1.54, 1.807) is 0 Å². The molecule has 2 heterocycles. The number of morpholine rings is 1. The van der Waals surface area contributed by atoms with Crippen molar-refractivity contribution in [3.63, 3.8) is 0 Å². The summed E-state index contributed by atoms with van der Waals surface area (Å²) in [6, 6.07) is 1.38. The highest BCUT2D eigenvalue weighted by atomic mass is 16.5. The van der Waals surface area contributed by atoms with Gasteiger partial charge in [0, 0.05) is 38.3 Å². The molecule has 2 aliphatic rings. The van der Waals surface area contributed by atoms with Gasteiger partial charge in [0.2, 0.25) is 0 Å². The number of likely N-dealkylation sites (tertiary alicyclic amines) is 1. The molecule has 1 N–H and O–H groups in total. The van der Waals surface area contributed by atoms with Gasteiger partial charge >= 0.3 is 0 Å². The molecule has 0 aromatic carbocycles. The Morgan fingerprint density at radius 2 is 2.17 bits per heavy atom. The van der Waals surface area contributed by atoms with E-state index in [0.29, 0.717) is 18.2 Å². The minimum atomic E-state index is 0.410. The number of ether oxygens (including phenoxy) is 1. The molecule has 106 valence electrons. The Hall–Kier alpha value is -0.160. The van der Waals surface area contributed by atoms with Crippen LogP contribution in [0.4, 0.5) is 0 Å². The molecule has 0 aromatic rings. The monoisotopic (exact) mass is 255 g/mol. The van der Waals surface area contributed by atoms with Gasteiger partial charge in [0.1, 0.15) is 0 Å². The maximum atomic E-state index is 5.92. The van der Waals surface area contributed by atoms with E-state index < -0.39 is 0 Å². The molecule has 0 aliphatic carbocycles. The molecule has 2 saturated heterocycles. The van der Waals surface area contributed by atoms with Crippen LogP contribution < -0.4 is 5.32 Å². The van der Waals surface area contributed by atoms with Crippen LogP contribution in [0.25, 0.3) is 0 Å². The minimum absolute atomic E-state index is 0.410. The van der Waals surface area contributed by atoms with Crippen LogP contribution in [0.5, 0.6) is 0 Å². The van der Waals surface area contributed by atoms with E-state index in [1.807, 2.05) is 0 Å². The third-order valence-electron chi connectivity index (χ3n) is 4.53. The van der Waals surface area contributed by atoms with Crippen molar-refractivity contribution in [2.75, 3.05) is 46.4 Å². The number of nitrogens with one attached hydrogen (secondary N) is 1. The molecule has 18 heavy (non-hydrogen) atoms. The van der Waals surface area contributed by atoms with Crippen molar-refractivity contribution in [2.45, 2.75) is 44.9 Å². The van der Waals surface area contributed by atoms with E-state index in [2.05, 4.69) is 36.0 Å². The van der Waals surface area contributed by atoms with Crippen LogP contribution in [0.15, 0.2) is 0 Å². The molecule has 2 fully saturated rings. The van der Waals surface area contributed by atoms with Crippen molar-refractivity contribution in [3.8, 4) is 0 Å². The highest BCUT2D eigenvalue weighted by Gasteiger charge is 2.28. The molecule has 4 nitrogen and oxygen atoms in total. The first-order chi connectivity index (χ1) is 8.72. The molecule has 0 amide bonds. The summed E-state index contributed by atoms with van der Waals surface area (Å²) in [6.45, 7) is 11.2. The predicted molar refractivity (Wildman–Crippen MR) is 75.0 cm³/mol. The van der Waals surface area contributed by atoms with E-state index >= 15 is 0 Å². The molecular formula is C14H29N3O. The molecule has 2 rings (SSSR count). The van der Waals surface area contributed by atoms with Crippen molar-refractivity contribution in [1.29, 1.82) is 0 Å². The summed E-state index contributed by atoms with van der Waals surface area (Å²) >= 11 is 0. The lowest BCUT2D eigenvalue weighted by Gasteiger charge is -2.41. The Balaban J connectivity index is 1.78. The molecule has 0 aromatic heterocycles. The largest absolute Gasteiger partial charge is 0.374 e. The lowest BCUT2D eigenvalue weighted by Crippen LogP contribution is -2.52. The van der Waals surface area contributed by atoms with Crippen molar-refractivity contribution in [2.24, 2.45) is 0 Å². The van der Waals surface area contributed by atoms with Gasteiger partial charge in [-0.05, 0) is 33.4 Å². The van der Waals surface area contributed by atoms with Gasteiger partial charge in [-0.1, -0.05) is 6.92 Å². The van der Waals surface area contributed by atoms with Crippen molar-refractivity contribution in [3.05, 3.63) is 0 Å². The zero-order chi connectivity index (χ0) is 13.0. The molecule has 3 unspecified atom stereocenters. The second kappa shape index (κ2) is 6.85. The second-order valence-corrected chi connectivity index (χ2v) is 5.74. The highest BCUT2D eigenvalue weighted by Crippen LogP contribution is 2.18. The Kier molecular flexibility index (Phi) is 5.42. The summed E-state index contributed by atoms with van der Waals surface area (Å²) in [4.78, 5) is 5.11. The van der Waals surface area contributed by atoms with Crippen LogP contribution in [0.3, 0.4) is 0 Å². The van der Waals surface area contributed by atoms with Crippen LogP contribution in [0.2, 0.25) is 0 Å². The second-order valence-electron chi connectivity index (χ2n) is 5.74. The normalized spacial score (nSPS) is 35.8. The van der Waals surface area contributed by atoms with Crippen LogP contribution in [0, 0.1) is 0 Å². The summed E-state index contributed by atoms with van der Waals surface area (Å²) in [5.74, 6) is 0. The van der Waals surface area contributed by atoms with Crippen molar-refractivity contribution >= 4 is 0 Å². The fourth-order valence-corrected chi connectivity index (χ4v) is 3.19. The Bertz CT molecular complexity index is 249. The first kappa shape index (κ1) is 14.3. The molecule has 0 bridgehead atoms. The van der Waals surface area contributed by atoms with Gasteiger partial charge in [0.15, 0.2) is 0 Å². The first-order valence-electron chi connectivity index (χ1n) is 7.48. The van der Waals surface area contributed by atoms with E-state index in [4.69, 9.17) is 4.74 Å². The van der Waals surface area contributed by atoms with Crippen molar-refractivity contribution < 1.29 is 4.74 Å². The highest BCUT2D eigenvalue weighted by molar-refractivity contribution is 4.85. The average molecular weight is 255 g/mol. The van der Waals surface area contributed by atoms with E-state index in [9.17, 15) is 0 Å². The lowest BCUT2D eigenvalue weighted by atomic mass is 9.98. The van der Waals surface area contributed by atoms with E-state index in [0.717, 1.165) is 32.8 Å². The van der Waals surface area contributed by atoms with Gasteiger partial charge in [-0.15, -0.1) is 0 Å². The Labute approximate surface area is 112 Å². The SMILES string of the molecule is CCN1CCOC(CN2CCC(NC)CC2C)C1. The summed E-state index contributed by atoms with van der Waals surface area (Å²) in [5, 5.41) is 3.41. The van der Waals surface area contributed by atoms with Gasteiger partial charge in [-0.3, -0.25) is 9.80 Å². The van der Waals surface area contributed by atoms with Crippen LogP contribution in [0.1, 0.15) is 26.7 Å². The fourth-order valence-electron chi connectivity index (χ4n) is 3.19. The third kappa shape index (κ3) is 3.67. The fraction of sp³-hybridized carbons (Fsp3) is 1.00. The Morgan fingerprint density at radius 3 is 2.83 bits per heavy atom. The molecule has 3 atom stereocenters. The zero-order valence-electron chi connectivity index (χ0n) is 12.2. The molecule has 0 spiro atoms. The number of rotatable bonds is 4. The van der Waals surface area contributed by atoms with Gasteiger partial charge in [0.05, 0.1) is 12.7 Å². The number of piperidine rings is 1. The Morgan fingerprint density at radius 1 is 1.33 bits per heavy atom. The molecule has 0 radical (unpaired) electrons. The average Bonchev–Trinajstić information content (AvgIpc) is 2.41. The summed E-state index contributed by atoms with van der Waals surface area (Å²) in [5.41, 5.74) is 0. The quantitative estimate of drug-likeness (QED) is 0.803. The maximum absolute atomic E-state index is 5.92. The van der Waals surface area contributed by atoms with Crippen LogP contribution >= 0.6 is 0 Å². The third-order valence-corrected chi connectivity index (χ3v) is 4.53. The number of nitrogens with zero attached hydrogens (tertiary/aromatic N) is 2. The first-order valence-corrected chi connectivity index (χ1v) is 7.48. The predicted octanol–water partition coefficient (Wildman–Crippen LogP) is 0.779. The van der Waals surface area contributed by atoms with Gasteiger partial charge < -0.3 is 10.1 Å². The smallest absolute Gasteiger partial charge is 0.0829 e. The topological polar surface area (TPSA) is 27.7 Å². The molecule has 0 saturated carbocycles. The lowest BCUT2D eigenvalue weighted by molar-refractivity contribution is -0.0507. The zero-order valence-corrected chi connectivity index (χ0v) is 12.2. The maximum Gasteiger partial charge on any atom is 0.0829 e. The van der Waals surface area contributed by atoms with E-state index in [-0.39, 0.29) is 0 Å². The molecule has 4 heteroatoms. The summed E-state index contributed by atoms with van der Waals surface area (Å²) < 4.78 is 5.92. The standard InChI is InChI=1S/C14H29N3O/c1-4-16-7-8-18-14(10-16)11-17-6-5-13(15-3)9-12(17)2/h12-15H,4-11H2,1-3H3. The van der Waals surface area contributed by atoms with Gasteiger partial charge in [0.25, 0.3) is 0 Å². The van der Waals surface area contributed by atoms with Gasteiger partial charge in [-0.2, -0.15) is 0 Å². The molecule has 2 aliphatic heterocycles. The molecular weight excluding hydrogens is 226 g/mol. The summed E-state index contributed by atoms with van der Waals surface area (Å²) in [6.07, 6.45) is 2.94. The van der Waals surface area contributed by atoms with E-state index in [1.165, 1.54) is 19.4 Å². The van der Waals surface area contributed by atoms with Crippen molar-refractivity contribution in [1.82, 2.24) is 15.1 Å². The summed E-state index contributed by atoms with van der Waals surface area (Å²) in [7, 11) is 2.08. The van der Waals surface area contributed by atoms with Crippen LogP contribution in [-0.2, 0) is 4.74 Å². The number of hydrogen-bond donors (Lipinski definition) is 1. The van der Waals surface area contributed by atoms with Crippen LogP contribution in [-0.4, -0.2) is 74.4 Å². The van der Waals surface area contributed by atoms with Gasteiger partial charge in [-0.25, -0.2) is 0 Å². The minimum Gasteiger partial charge on any atom is -0.374 e.